The molecule has 1 saturated heterocycles. The molecule has 1 amide bonds. The maximum atomic E-state index is 12.5. The molecule has 5 nitrogen and oxygen atoms in total. The largest absolute Gasteiger partial charge is 0.372 e. The number of carbonyl (C=O) groups excluding carboxylic acids is 1. The molecule has 0 radical (unpaired) electrons. The fraction of sp³-hybridized carbons (Fsp3) is 0.667. The molecule has 23 heavy (non-hydrogen) atoms. The monoisotopic (exact) mass is 319 g/mol. The summed E-state index contributed by atoms with van der Waals surface area (Å²) in [5.41, 5.74) is 2.18. The van der Waals surface area contributed by atoms with Crippen molar-refractivity contribution in [2.24, 2.45) is 5.92 Å². The van der Waals surface area contributed by atoms with Crippen LogP contribution in [0.4, 0.5) is 0 Å². The summed E-state index contributed by atoms with van der Waals surface area (Å²) in [7, 11) is 0. The SMILES string of the molecule is Cc1cccnc1C(NCC(=O)N1CC(C)OC(C)C1)C(C)C. The number of rotatable bonds is 5. The summed E-state index contributed by atoms with van der Waals surface area (Å²) < 4.78 is 5.69. The quantitative estimate of drug-likeness (QED) is 0.905. The van der Waals surface area contributed by atoms with E-state index in [9.17, 15) is 4.79 Å². The highest BCUT2D eigenvalue weighted by Crippen LogP contribution is 2.22. The number of ether oxygens (including phenoxy) is 1. The Morgan fingerprint density at radius 1 is 1.39 bits per heavy atom. The van der Waals surface area contributed by atoms with Gasteiger partial charge in [-0.15, -0.1) is 0 Å². The molecule has 1 aliphatic heterocycles. The zero-order chi connectivity index (χ0) is 17.0. The lowest BCUT2D eigenvalue weighted by Crippen LogP contribution is -2.51. The smallest absolute Gasteiger partial charge is 0.236 e. The molecule has 0 bridgehead atoms. The van der Waals surface area contributed by atoms with Crippen molar-refractivity contribution < 1.29 is 9.53 Å². The average Bonchev–Trinajstić information content (AvgIpc) is 2.47. The van der Waals surface area contributed by atoms with E-state index in [0.717, 1.165) is 11.3 Å². The van der Waals surface area contributed by atoms with Crippen molar-refractivity contribution >= 4 is 5.91 Å². The van der Waals surface area contributed by atoms with Gasteiger partial charge in [-0.3, -0.25) is 15.1 Å². The molecule has 5 heteroatoms. The van der Waals surface area contributed by atoms with Gasteiger partial charge in [0.25, 0.3) is 0 Å². The van der Waals surface area contributed by atoms with Gasteiger partial charge in [0, 0.05) is 19.3 Å². The number of nitrogens with one attached hydrogen (secondary N) is 1. The average molecular weight is 319 g/mol. The third kappa shape index (κ3) is 4.75. The molecule has 0 saturated carbocycles. The summed E-state index contributed by atoms with van der Waals surface area (Å²) in [5, 5.41) is 3.41. The third-order valence-corrected chi connectivity index (χ3v) is 4.26. The first-order chi connectivity index (χ1) is 10.9. The Hall–Kier alpha value is -1.46. The highest BCUT2D eigenvalue weighted by molar-refractivity contribution is 5.78. The van der Waals surface area contributed by atoms with Gasteiger partial charge in [0.1, 0.15) is 0 Å². The van der Waals surface area contributed by atoms with Crippen LogP contribution in [0.2, 0.25) is 0 Å². The van der Waals surface area contributed by atoms with Gasteiger partial charge in [0.15, 0.2) is 0 Å². The van der Waals surface area contributed by atoms with Crippen LogP contribution in [0.3, 0.4) is 0 Å². The topological polar surface area (TPSA) is 54.5 Å². The Balaban J connectivity index is 1.99. The first kappa shape index (κ1) is 17.9. The molecular formula is C18H29N3O2. The molecule has 128 valence electrons. The van der Waals surface area contributed by atoms with E-state index in [4.69, 9.17) is 4.74 Å². The molecule has 1 aliphatic rings. The second kappa shape index (κ2) is 7.88. The normalized spacial score (nSPS) is 23.1. The first-order valence-corrected chi connectivity index (χ1v) is 8.46. The number of carbonyl (C=O) groups is 1. The number of aryl methyl sites for hydroxylation is 1. The van der Waals surface area contributed by atoms with Crippen LogP contribution in [0.25, 0.3) is 0 Å². The molecule has 0 spiro atoms. The van der Waals surface area contributed by atoms with Crippen molar-refractivity contribution in [3.05, 3.63) is 29.6 Å². The Labute approximate surface area is 139 Å². The number of amides is 1. The summed E-state index contributed by atoms with van der Waals surface area (Å²) in [5.74, 6) is 0.491. The summed E-state index contributed by atoms with van der Waals surface area (Å²) in [4.78, 5) is 18.9. The van der Waals surface area contributed by atoms with Gasteiger partial charge in [-0.2, -0.15) is 0 Å². The van der Waals surface area contributed by atoms with Crippen LogP contribution in [0.1, 0.15) is 45.0 Å². The summed E-state index contributed by atoms with van der Waals surface area (Å²) >= 11 is 0. The number of hydrogen-bond donors (Lipinski definition) is 1. The minimum absolute atomic E-state index is 0.0797. The molecule has 3 unspecified atom stereocenters. The van der Waals surface area contributed by atoms with Crippen LogP contribution in [0.5, 0.6) is 0 Å². The highest BCUT2D eigenvalue weighted by atomic mass is 16.5. The molecule has 0 aliphatic carbocycles. The minimum Gasteiger partial charge on any atom is -0.372 e. The first-order valence-electron chi connectivity index (χ1n) is 8.46. The van der Waals surface area contributed by atoms with E-state index in [1.54, 1.807) is 0 Å². The van der Waals surface area contributed by atoms with Crippen LogP contribution in [-0.4, -0.2) is 47.6 Å². The molecule has 1 fully saturated rings. The zero-order valence-corrected chi connectivity index (χ0v) is 14.9. The molecule has 0 aromatic carbocycles. The van der Waals surface area contributed by atoms with Gasteiger partial charge >= 0.3 is 0 Å². The van der Waals surface area contributed by atoms with Crippen LogP contribution in [-0.2, 0) is 9.53 Å². The van der Waals surface area contributed by atoms with Crippen molar-refractivity contribution in [1.82, 2.24) is 15.2 Å². The Kier molecular flexibility index (Phi) is 6.13. The van der Waals surface area contributed by atoms with Gasteiger partial charge < -0.3 is 9.64 Å². The second-order valence-electron chi connectivity index (χ2n) is 6.86. The van der Waals surface area contributed by atoms with Gasteiger partial charge in [-0.05, 0) is 38.3 Å². The molecule has 2 heterocycles. The Bertz CT molecular complexity index is 523. The Morgan fingerprint density at radius 2 is 2.04 bits per heavy atom. The summed E-state index contributed by atoms with van der Waals surface area (Å²) in [6, 6.07) is 4.08. The van der Waals surface area contributed by atoms with E-state index in [0.29, 0.717) is 25.6 Å². The second-order valence-corrected chi connectivity index (χ2v) is 6.86. The third-order valence-electron chi connectivity index (χ3n) is 4.26. The minimum atomic E-state index is 0.0797. The van der Waals surface area contributed by atoms with Gasteiger partial charge in [-0.25, -0.2) is 0 Å². The van der Waals surface area contributed by atoms with Crippen molar-refractivity contribution in [3.8, 4) is 0 Å². The standard InChI is InChI=1S/C18H29N3O2/c1-12(2)17(18-13(3)7-6-8-19-18)20-9-16(22)21-10-14(4)23-15(5)11-21/h6-8,12,14-15,17,20H,9-11H2,1-5H3. The lowest BCUT2D eigenvalue weighted by molar-refractivity contribution is -0.142. The van der Waals surface area contributed by atoms with E-state index >= 15 is 0 Å². The van der Waals surface area contributed by atoms with E-state index in [2.05, 4.69) is 37.1 Å². The molecule has 1 aromatic rings. The lowest BCUT2D eigenvalue weighted by Gasteiger charge is -2.36. The molecule has 1 aromatic heterocycles. The number of aromatic nitrogens is 1. The van der Waals surface area contributed by atoms with Crippen LogP contribution >= 0.6 is 0 Å². The fourth-order valence-electron chi connectivity index (χ4n) is 3.16. The summed E-state index contributed by atoms with van der Waals surface area (Å²) in [6.07, 6.45) is 2.01. The van der Waals surface area contributed by atoms with Gasteiger partial charge in [0.2, 0.25) is 5.91 Å². The van der Waals surface area contributed by atoms with Crippen molar-refractivity contribution in [2.45, 2.75) is 52.9 Å². The zero-order valence-electron chi connectivity index (χ0n) is 14.9. The summed E-state index contributed by atoms with van der Waals surface area (Å²) in [6.45, 7) is 12.0. The predicted molar refractivity (Wildman–Crippen MR) is 91.1 cm³/mol. The van der Waals surface area contributed by atoms with Gasteiger partial charge in [0.05, 0.1) is 30.5 Å². The van der Waals surface area contributed by atoms with E-state index in [-0.39, 0.29) is 24.2 Å². The maximum absolute atomic E-state index is 12.5. The highest BCUT2D eigenvalue weighted by Gasteiger charge is 2.27. The number of pyridine rings is 1. The number of morpholine rings is 1. The molecule has 3 atom stereocenters. The van der Waals surface area contributed by atoms with E-state index in [1.807, 2.05) is 31.0 Å². The van der Waals surface area contributed by atoms with E-state index < -0.39 is 0 Å². The van der Waals surface area contributed by atoms with Crippen LogP contribution in [0.15, 0.2) is 18.3 Å². The number of hydrogen-bond acceptors (Lipinski definition) is 4. The van der Waals surface area contributed by atoms with Crippen molar-refractivity contribution in [3.63, 3.8) is 0 Å². The van der Waals surface area contributed by atoms with Crippen LogP contribution < -0.4 is 5.32 Å². The van der Waals surface area contributed by atoms with Crippen molar-refractivity contribution in [2.75, 3.05) is 19.6 Å². The lowest BCUT2D eigenvalue weighted by atomic mass is 9.97. The van der Waals surface area contributed by atoms with Crippen LogP contribution in [0, 0.1) is 12.8 Å². The molecule has 2 rings (SSSR count). The predicted octanol–water partition coefficient (Wildman–Crippen LogP) is 2.31. The number of nitrogens with zero attached hydrogens (tertiary/aromatic N) is 2. The van der Waals surface area contributed by atoms with Crippen molar-refractivity contribution in [1.29, 1.82) is 0 Å². The maximum Gasteiger partial charge on any atom is 0.236 e. The Morgan fingerprint density at radius 3 is 2.61 bits per heavy atom. The van der Waals surface area contributed by atoms with Gasteiger partial charge in [-0.1, -0.05) is 19.9 Å². The van der Waals surface area contributed by atoms with E-state index in [1.165, 1.54) is 0 Å². The molecule has 1 N–H and O–H groups in total. The molecular weight excluding hydrogens is 290 g/mol. The fourth-order valence-corrected chi connectivity index (χ4v) is 3.16.